The van der Waals surface area contributed by atoms with Crippen LogP contribution in [-0.4, -0.2) is 12.0 Å². The van der Waals surface area contributed by atoms with Gasteiger partial charge in [0.1, 0.15) is 5.16 Å². The number of isocyanates is 1. The van der Waals surface area contributed by atoms with Crippen molar-refractivity contribution >= 4 is 29.3 Å². The van der Waals surface area contributed by atoms with Crippen LogP contribution in [0.3, 0.4) is 0 Å². The average molecular weight is 152 g/mol. The fourth-order valence-corrected chi connectivity index (χ4v) is 0.490. The van der Waals surface area contributed by atoms with E-state index in [1.54, 1.807) is 0 Å². The molecule has 0 amide bonds. The monoisotopic (exact) mass is 151 g/mol. The van der Waals surface area contributed by atoms with Gasteiger partial charge in [0.05, 0.1) is 0 Å². The number of rotatable bonds is 2. The molecule has 0 N–H and O–H groups in total. The molecule has 0 aromatic heterocycles. The van der Waals surface area contributed by atoms with E-state index in [0.29, 0.717) is 0 Å². The Hall–Kier alpha value is -0.300. The normalized spacial score (nSPS) is 10.5. The summed E-state index contributed by atoms with van der Waals surface area (Å²) in [6.45, 7) is 0. The molecule has 4 heteroatoms. The molecular formula is C4H3Cl2NO. The van der Waals surface area contributed by atoms with E-state index in [1.165, 1.54) is 12.2 Å². The van der Waals surface area contributed by atoms with Gasteiger partial charge in [0.25, 0.3) is 0 Å². The predicted molar refractivity (Wildman–Crippen MR) is 32.8 cm³/mol. The van der Waals surface area contributed by atoms with Crippen LogP contribution in [0.15, 0.2) is 16.2 Å². The second-order valence-electron chi connectivity index (χ2n) is 0.884. The van der Waals surface area contributed by atoms with Gasteiger partial charge in [-0.1, -0.05) is 11.6 Å². The predicted octanol–water partition coefficient (Wildman–Crippen LogP) is 1.64. The van der Waals surface area contributed by atoms with E-state index in [-0.39, 0.29) is 11.0 Å². The van der Waals surface area contributed by atoms with Gasteiger partial charge in [-0.15, -0.1) is 11.6 Å². The number of aliphatic imine (C=N–C) groups is 1. The van der Waals surface area contributed by atoms with Crippen LogP contribution in [0.4, 0.5) is 0 Å². The molecule has 0 bridgehead atoms. The summed E-state index contributed by atoms with van der Waals surface area (Å²) in [6.07, 6.45) is 2.67. The molecule has 8 heavy (non-hydrogen) atoms. The summed E-state index contributed by atoms with van der Waals surface area (Å²) in [5.41, 5.74) is 0. The van der Waals surface area contributed by atoms with Gasteiger partial charge < -0.3 is 0 Å². The highest BCUT2D eigenvalue weighted by Crippen LogP contribution is 2.00. The molecule has 0 atom stereocenters. The summed E-state index contributed by atoms with van der Waals surface area (Å²) < 4.78 is 0. The summed E-state index contributed by atoms with van der Waals surface area (Å²) in [4.78, 5) is 12.5. The molecular weight excluding hydrogens is 149 g/mol. The maximum Gasteiger partial charge on any atom is 0.241 e. The number of alkyl halides is 1. The first-order valence-electron chi connectivity index (χ1n) is 1.80. The molecule has 0 heterocycles. The SMILES string of the molecule is O=C=N/C(Cl)=C\CCl. The second-order valence-corrected chi connectivity index (χ2v) is 1.58. The van der Waals surface area contributed by atoms with E-state index in [2.05, 4.69) is 4.99 Å². The third kappa shape index (κ3) is 3.88. The molecule has 0 aromatic carbocycles. The standard InChI is InChI=1S/C4H3Cl2NO/c5-2-1-4(6)7-3-8/h1H,2H2/b4-1-. The number of halogens is 2. The van der Waals surface area contributed by atoms with E-state index < -0.39 is 0 Å². The van der Waals surface area contributed by atoms with Gasteiger partial charge >= 0.3 is 0 Å². The fourth-order valence-electron chi connectivity index (χ4n) is 0.153. The van der Waals surface area contributed by atoms with Gasteiger partial charge in [-0.2, -0.15) is 4.99 Å². The Morgan fingerprint density at radius 1 is 1.88 bits per heavy atom. The summed E-state index contributed by atoms with van der Waals surface area (Å²) in [7, 11) is 0. The number of hydrogen-bond acceptors (Lipinski definition) is 2. The van der Waals surface area contributed by atoms with Gasteiger partial charge in [0, 0.05) is 5.88 Å². The van der Waals surface area contributed by atoms with Crippen molar-refractivity contribution in [2.24, 2.45) is 4.99 Å². The fraction of sp³-hybridized carbons (Fsp3) is 0.250. The topological polar surface area (TPSA) is 29.4 Å². The molecule has 0 aliphatic rings. The number of nitrogens with zero attached hydrogens (tertiary/aromatic N) is 1. The lowest BCUT2D eigenvalue weighted by Gasteiger charge is -1.76. The molecule has 0 saturated carbocycles. The zero-order valence-electron chi connectivity index (χ0n) is 3.90. The lowest BCUT2D eigenvalue weighted by atomic mass is 10.7. The van der Waals surface area contributed by atoms with E-state index in [4.69, 9.17) is 23.2 Å². The average Bonchev–Trinajstić information content (AvgIpc) is 1.68. The van der Waals surface area contributed by atoms with E-state index in [1.807, 2.05) is 0 Å². The van der Waals surface area contributed by atoms with E-state index >= 15 is 0 Å². The van der Waals surface area contributed by atoms with E-state index in [9.17, 15) is 4.79 Å². The van der Waals surface area contributed by atoms with Crippen molar-refractivity contribution in [2.75, 3.05) is 5.88 Å². The quantitative estimate of drug-likeness (QED) is 0.256. The minimum atomic E-state index is 0.0787. The third-order valence-corrected chi connectivity index (χ3v) is 0.791. The highest BCUT2D eigenvalue weighted by molar-refractivity contribution is 6.30. The summed E-state index contributed by atoms with van der Waals surface area (Å²) in [5, 5.41) is 0.0787. The molecule has 0 aromatic rings. The van der Waals surface area contributed by atoms with Crippen molar-refractivity contribution in [1.29, 1.82) is 0 Å². The third-order valence-electron chi connectivity index (χ3n) is 0.398. The molecule has 0 spiro atoms. The molecule has 44 valence electrons. The Morgan fingerprint density at radius 2 is 2.50 bits per heavy atom. The first-order valence-corrected chi connectivity index (χ1v) is 2.72. The number of carbonyl (C=O) groups excluding carboxylic acids is 1. The zero-order valence-corrected chi connectivity index (χ0v) is 5.41. The molecule has 0 saturated heterocycles. The summed E-state index contributed by atoms with van der Waals surface area (Å²) >= 11 is 10.4. The maximum absolute atomic E-state index is 9.43. The molecule has 0 radical (unpaired) electrons. The maximum atomic E-state index is 9.43. The van der Waals surface area contributed by atoms with Crippen LogP contribution in [0.2, 0.25) is 0 Å². The van der Waals surface area contributed by atoms with Crippen LogP contribution < -0.4 is 0 Å². The van der Waals surface area contributed by atoms with Crippen LogP contribution in [0, 0.1) is 0 Å². The Kier molecular flexibility index (Phi) is 4.67. The van der Waals surface area contributed by atoms with Crippen molar-refractivity contribution in [1.82, 2.24) is 0 Å². The van der Waals surface area contributed by atoms with Crippen LogP contribution in [0.1, 0.15) is 0 Å². The van der Waals surface area contributed by atoms with Crippen molar-refractivity contribution < 1.29 is 4.79 Å². The Bertz CT molecular complexity index is 137. The van der Waals surface area contributed by atoms with E-state index in [0.717, 1.165) is 0 Å². The van der Waals surface area contributed by atoms with Crippen molar-refractivity contribution in [2.45, 2.75) is 0 Å². The second kappa shape index (κ2) is 4.85. The van der Waals surface area contributed by atoms with Crippen LogP contribution in [0.25, 0.3) is 0 Å². The molecule has 0 fully saturated rings. The Balaban J connectivity index is 3.79. The van der Waals surface area contributed by atoms with Crippen LogP contribution in [0.5, 0.6) is 0 Å². The largest absolute Gasteiger partial charge is 0.241 e. The zero-order chi connectivity index (χ0) is 6.41. The summed E-state index contributed by atoms with van der Waals surface area (Å²) in [5.74, 6) is 0.254. The molecule has 0 rings (SSSR count). The lowest BCUT2D eigenvalue weighted by molar-refractivity contribution is 0.565. The molecule has 2 nitrogen and oxygen atoms in total. The van der Waals surface area contributed by atoms with Crippen molar-refractivity contribution in [3.8, 4) is 0 Å². The smallest absolute Gasteiger partial charge is 0.211 e. The minimum absolute atomic E-state index is 0.0787. The van der Waals surface area contributed by atoms with Crippen LogP contribution in [-0.2, 0) is 4.79 Å². The van der Waals surface area contributed by atoms with Gasteiger partial charge in [-0.05, 0) is 6.08 Å². The molecule has 0 aliphatic carbocycles. The first kappa shape index (κ1) is 7.70. The first-order chi connectivity index (χ1) is 3.81. The molecule has 0 unspecified atom stereocenters. The lowest BCUT2D eigenvalue weighted by Crippen LogP contribution is -1.64. The van der Waals surface area contributed by atoms with Gasteiger partial charge in [-0.25, -0.2) is 4.79 Å². The Morgan fingerprint density at radius 3 is 2.88 bits per heavy atom. The number of allylic oxidation sites excluding steroid dienone is 1. The van der Waals surface area contributed by atoms with Gasteiger partial charge in [0.2, 0.25) is 6.08 Å². The molecule has 0 aliphatic heterocycles. The van der Waals surface area contributed by atoms with Crippen molar-refractivity contribution in [3.63, 3.8) is 0 Å². The van der Waals surface area contributed by atoms with Gasteiger partial charge in [0.15, 0.2) is 0 Å². The number of hydrogen-bond donors (Lipinski definition) is 0. The summed E-state index contributed by atoms with van der Waals surface area (Å²) in [6, 6.07) is 0. The van der Waals surface area contributed by atoms with Crippen molar-refractivity contribution in [3.05, 3.63) is 11.2 Å². The highest BCUT2D eigenvalue weighted by atomic mass is 35.5. The van der Waals surface area contributed by atoms with Crippen LogP contribution >= 0.6 is 23.2 Å². The highest BCUT2D eigenvalue weighted by Gasteiger charge is 1.80. The minimum Gasteiger partial charge on any atom is -0.211 e. The van der Waals surface area contributed by atoms with Gasteiger partial charge in [-0.3, -0.25) is 0 Å². The Labute approximate surface area is 56.8 Å².